The van der Waals surface area contributed by atoms with Crippen molar-refractivity contribution in [3.63, 3.8) is 0 Å². The fourth-order valence-corrected chi connectivity index (χ4v) is 4.64. The fourth-order valence-electron chi connectivity index (χ4n) is 4.64. The molecule has 2 unspecified atom stereocenters. The number of anilines is 1. The molecule has 2 amide bonds. The number of carbonyl (C=O) groups is 2. The standard InChI is InChI=1S/C21H24F3N5O3/c1-12-2-3-14(10-25-12)18(30)26-17-9-16(27-28-17)13-4-5-15(8-13)29(19(31)32)20(6-7-20)11-21(22,23)24/h2-3,9-10,13,15H,4-8,11H2,1H3,(H,31,32)(H2,26,27,28,30). The Morgan fingerprint density at radius 3 is 2.66 bits per heavy atom. The second-order valence-corrected chi connectivity index (χ2v) is 8.68. The molecule has 0 spiro atoms. The quantitative estimate of drug-likeness (QED) is 0.600. The van der Waals surface area contributed by atoms with Gasteiger partial charge < -0.3 is 10.4 Å². The monoisotopic (exact) mass is 451 g/mol. The number of halogens is 3. The van der Waals surface area contributed by atoms with Crippen LogP contribution in [0.3, 0.4) is 0 Å². The molecule has 11 heteroatoms. The molecule has 0 radical (unpaired) electrons. The Hall–Kier alpha value is -3.11. The molecule has 0 bridgehead atoms. The molecule has 32 heavy (non-hydrogen) atoms. The van der Waals surface area contributed by atoms with Crippen LogP contribution < -0.4 is 5.32 Å². The van der Waals surface area contributed by atoms with Gasteiger partial charge in [0.1, 0.15) is 0 Å². The van der Waals surface area contributed by atoms with Gasteiger partial charge in [-0.25, -0.2) is 4.79 Å². The fraction of sp³-hybridized carbons (Fsp3) is 0.524. The Morgan fingerprint density at radius 1 is 1.31 bits per heavy atom. The zero-order chi connectivity index (χ0) is 23.1. The minimum absolute atomic E-state index is 0.0808. The topological polar surface area (TPSA) is 111 Å². The molecule has 2 aromatic heterocycles. The minimum atomic E-state index is -4.41. The van der Waals surface area contributed by atoms with Crippen molar-refractivity contribution in [3.8, 4) is 0 Å². The van der Waals surface area contributed by atoms with E-state index in [9.17, 15) is 27.9 Å². The molecule has 2 aliphatic carbocycles. The average Bonchev–Trinajstić information content (AvgIpc) is 3.10. The largest absolute Gasteiger partial charge is 0.465 e. The summed E-state index contributed by atoms with van der Waals surface area (Å²) in [6, 6.07) is 4.58. The van der Waals surface area contributed by atoms with Crippen LogP contribution in [0.4, 0.5) is 23.8 Å². The maximum Gasteiger partial charge on any atom is 0.408 e. The number of H-pyrrole nitrogens is 1. The lowest BCUT2D eigenvalue weighted by molar-refractivity contribution is -0.150. The van der Waals surface area contributed by atoms with Crippen LogP contribution in [0, 0.1) is 6.92 Å². The van der Waals surface area contributed by atoms with Gasteiger partial charge in [0.25, 0.3) is 5.91 Å². The highest BCUT2D eigenvalue weighted by Crippen LogP contribution is 2.52. The zero-order valence-corrected chi connectivity index (χ0v) is 17.4. The number of amides is 2. The first-order valence-electron chi connectivity index (χ1n) is 10.4. The molecule has 2 saturated carbocycles. The van der Waals surface area contributed by atoms with Gasteiger partial charge in [-0.15, -0.1) is 0 Å². The van der Waals surface area contributed by atoms with Crippen LogP contribution >= 0.6 is 0 Å². The minimum Gasteiger partial charge on any atom is -0.465 e. The van der Waals surface area contributed by atoms with E-state index in [4.69, 9.17) is 0 Å². The van der Waals surface area contributed by atoms with Gasteiger partial charge in [-0.2, -0.15) is 18.3 Å². The van der Waals surface area contributed by atoms with Gasteiger partial charge in [-0.3, -0.25) is 19.8 Å². The maximum atomic E-state index is 13.0. The predicted molar refractivity (Wildman–Crippen MR) is 108 cm³/mol. The van der Waals surface area contributed by atoms with Crippen molar-refractivity contribution in [2.45, 2.75) is 69.1 Å². The summed E-state index contributed by atoms with van der Waals surface area (Å²) in [5.41, 5.74) is 0.560. The van der Waals surface area contributed by atoms with Gasteiger partial charge in [0.2, 0.25) is 0 Å². The van der Waals surface area contributed by atoms with Gasteiger partial charge in [-0.1, -0.05) is 0 Å². The Kier molecular flexibility index (Phi) is 5.59. The number of nitrogens with zero attached hydrogens (tertiary/aromatic N) is 3. The maximum absolute atomic E-state index is 13.0. The van der Waals surface area contributed by atoms with E-state index in [-0.39, 0.29) is 24.7 Å². The van der Waals surface area contributed by atoms with Crippen molar-refractivity contribution < 1.29 is 27.9 Å². The van der Waals surface area contributed by atoms with Crippen molar-refractivity contribution in [3.05, 3.63) is 41.3 Å². The highest BCUT2D eigenvalue weighted by Gasteiger charge is 2.58. The van der Waals surface area contributed by atoms with E-state index in [1.54, 1.807) is 18.2 Å². The van der Waals surface area contributed by atoms with Crippen molar-refractivity contribution in [2.24, 2.45) is 0 Å². The molecule has 8 nitrogen and oxygen atoms in total. The number of alkyl halides is 3. The Labute approximate surface area is 182 Å². The van der Waals surface area contributed by atoms with Crippen LogP contribution in [0.2, 0.25) is 0 Å². The van der Waals surface area contributed by atoms with E-state index in [1.165, 1.54) is 6.20 Å². The summed E-state index contributed by atoms with van der Waals surface area (Å²) in [7, 11) is 0. The van der Waals surface area contributed by atoms with Gasteiger partial charge >= 0.3 is 12.3 Å². The van der Waals surface area contributed by atoms with Crippen LogP contribution in [0.25, 0.3) is 0 Å². The number of carboxylic acid groups (broad SMARTS) is 1. The second-order valence-electron chi connectivity index (χ2n) is 8.68. The average molecular weight is 451 g/mol. The molecule has 0 aliphatic heterocycles. The SMILES string of the molecule is Cc1ccc(C(=O)Nc2cc(C3CCC(N(C(=O)O)C4(CC(F)(F)F)CC4)C3)[nH]n2)cn1. The van der Waals surface area contributed by atoms with Crippen LogP contribution in [-0.4, -0.2) is 54.9 Å². The molecule has 2 aliphatic rings. The highest BCUT2D eigenvalue weighted by molar-refractivity contribution is 6.03. The lowest BCUT2D eigenvalue weighted by atomic mass is 10.0. The molecule has 4 rings (SSSR count). The summed E-state index contributed by atoms with van der Waals surface area (Å²) in [5.74, 6) is -0.123. The summed E-state index contributed by atoms with van der Waals surface area (Å²) in [4.78, 5) is 29.3. The van der Waals surface area contributed by atoms with Crippen molar-refractivity contribution >= 4 is 17.8 Å². The summed E-state index contributed by atoms with van der Waals surface area (Å²) in [6.45, 7) is 1.82. The molecular weight excluding hydrogens is 427 g/mol. The second kappa shape index (κ2) is 8.10. The lowest BCUT2D eigenvalue weighted by Crippen LogP contribution is -2.49. The first kappa shape index (κ1) is 22.1. The van der Waals surface area contributed by atoms with E-state index < -0.39 is 30.3 Å². The van der Waals surface area contributed by atoms with Crippen molar-refractivity contribution in [2.75, 3.05) is 5.32 Å². The highest BCUT2D eigenvalue weighted by atomic mass is 19.4. The van der Waals surface area contributed by atoms with E-state index in [0.717, 1.165) is 16.3 Å². The van der Waals surface area contributed by atoms with Gasteiger partial charge in [0, 0.05) is 35.6 Å². The lowest BCUT2D eigenvalue weighted by Gasteiger charge is -2.35. The van der Waals surface area contributed by atoms with Gasteiger partial charge in [0.15, 0.2) is 5.82 Å². The number of aryl methyl sites for hydroxylation is 1. The third-order valence-electron chi connectivity index (χ3n) is 6.30. The molecule has 2 aromatic rings. The molecule has 0 aromatic carbocycles. The van der Waals surface area contributed by atoms with Crippen LogP contribution in [-0.2, 0) is 0 Å². The number of aromatic amines is 1. The van der Waals surface area contributed by atoms with E-state index in [1.807, 2.05) is 6.92 Å². The first-order chi connectivity index (χ1) is 15.1. The molecule has 3 N–H and O–H groups in total. The Balaban J connectivity index is 1.41. The van der Waals surface area contributed by atoms with Crippen molar-refractivity contribution in [1.82, 2.24) is 20.1 Å². The smallest absolute Gasteiger partial charge is 0.408 e. The third kappa shape index (κ3) is 4.71. The van der Waals surface area contributed by atoms with Crippen LogP contribution in [0.1, 0.15) is 66.2 Å². The van der Waals surface area contributed by atoms with Gasteiger partial charge in [-0.05, 0) is 51.2 Å². The summed E-state index contributed by atoms with van der Waals surface area (Å²) >= 11 is 0. The number of aromatic nitrogens is 3. The first-order valence-corrected chi connectivity index (χ1v) is 10.4. The Bertz CT molecular complexity index is 1000. The molecule has 172 valence electrons. The number of carbonyl (C=O) groups excluding carboxylic acids is 1. The number of hydrogen-bond acceptors (Lipinski definition) is 4. The Morgan fingerprint density at radius 2 is 2.06 bits per heavy atom. The number of hydrogen-bond donors (Lipinski definition) is 3. The van der Waals surface area contributed by atoms with E-state index in [0.29, 0.717) is 30.6 Å². The third-order valence-corrected chi connectivity index (χ3v) is 6.30. The summed E-state index contributed by atoms with van der Waals surface area (Å²) in [5, 5.41) is 19.3. The summed E-state index contributed by atoms with van der Waals surface area (Å²) < 4.78 is 39.1. The number of rotatable bonds is 6. The van der Waals surface area contributed by atoms with Crippen LogP contribution in [0.15, 0.2) is 24.4 Å². The van der Waals surface area contributed by atoms with Gasteiger partial charge in [0.05, 0.1) is 17.5 Å². The predicted octanol–water partition coefficient (Wildman–Crippen LogP) is 4.47. The molecule has 0 saturated heterocycles. The molecule has 2 atom stereocenters. The number of pyridine rings is 1. The van der Waals surface area contributed by atoms with E-state index >= 15 is 0 Å². The molecular formula is C21H24F3N5O3. The van der Waals surface area contributed by atoms with Crippen LogP contribution in [0.5, 0.6) is 0 Å². The molecule has 2 fully saturated rings. The van der Waals surface area contributed by atoms with E-state index in [2.05, 4.69) is 20.5 Å². The summed E-state index contributed by atoms with van der Waals surface area (Å²) in [6.07, 6.45) is -3.39. The number of nitrogens with one attached hydrogen (secondary N) is 2. The normalized spacial score (nSPS) is 21.9. The van der Waals surface area contributed by atoms with Crippen molar-refractivity contribution in [1.29, 1.82) is 0 Å². The zero-order valence-electron chi connectivity index (χ0n) is 17.4. The molecule has 2 heterocycles.